The van der Waals surface area contributed by atoms with Crippen molar-refractivity contribution in [2.45, 2.75) is 26.4 Å². The lowest BCUT2D eigenvalue weighted by molar-refractivity contribution is -0.117. The first-order valence-electron chi connectivity index (χ1n) is 11.0. The van der Waals surface area contributed by atoms with E-state index in [-0.39, 0.29) is 18.4 Å². The first-order valence-corrected chi connectivity index (χ1v) is 11.4. The van der Waals surface area contributed by atoms with E-state index in [0.717, 1.165) is 23.3 Å². The molecule has 1 aliphatic rings. The maximum atomic E-state index is 12.8. The Morgan fingerprint density at radius 1 is 1.15 bits per heavy atom. The molecule has 0 radical (unpaired) electrons. The van der Waals surface area contributed by atoms with E-state index >= 15 is 0 Å². The third-order valence-corrected chi connectivity index (χ3v) is 6.00. The Labute approximate surface area is 201 Å². The van der Waals surface area contributed by atoms with Gasteiger partial charge in [0.25, 0.3) is 5.91 Å². The first kappa shape index (κ1) is 22.0. The maximum absolute atomic E-state index is 12.8. The molecule has 4 aromatic rings. The fourth-order valence-corrected chi connectivity index (χ4v) is 4.30. The van der Waals surface area contributed by atoms with Crippen molar-refractivity contribution < 1.29 is 14.3 Å². The number of carbonyl (C=O) groups excluding carboxylic acids is 2. The number of imidazole rings is 1. The van der Waals surface area contributed by atoms with Gasteiger partial charge >= 0.3 is 0 Å². The van der Waals surface area contributed by atoms with E-state index in [1.807, 2.05) is 35.9 Å². The molecule has 0 atom stereocenters. The lowest BCUT2D eigenvalue weighted by atomic mass is 10.2. The predicted molar refractivity (Wildman–Crippen MR) is 132 cm³/mol. The summed E-state index contributed by atoms with van der Waals surface area (Å²) >= 11 is 6.39. The molecule has 0 spiro atoms. The molecule has 3 heterocycles. The van der Waals surface area contributed by atoms with Crippen molar-refractivity contribution in [2.75, 3.05) is 16.8 Å². The highest BCUT2D eigenvalue weighted by atomic mass is 35.5. The summed E-state index contributed by atoms with van der Waals surface area (Å²) in [5.74, 6) is 0.353. The Bertz CT molecular complexity index is 1400. The highest BCUT2D eigenvalue weighted by Crippen LogP contribution is 2.32. The number of nitrogens with zero attached hydrogens (tertiary/aromatic N) is 3. The Kier molecular flexibility index (Phi) is 5.94. The second-order valence-electron chi connectivity index (χ2n) is 8.29. The van der Waals surface area contributed by atoms with Gasteiger partial charge in [0.2, 0.25) is 5.91 Å². The minimum absolute atomic E-state index is 0.0641. The average molecular weight is 475 g/mol. The van der Waals surface area contributed by atoms with Crippen LogP contribution in [-0.4, -0.2) is 27.7 Å². The number of pyridine rings is 1. The maximum Gasteiger partial charge on any atom is 0.255 e. The Morgan fingerprint density at radius 2 is 2.03 bits per heavy atom. The number of aryl methyl sites for hydroxylation is 1. The SMILES string of the molecule is Cc1ccc2nc(COc3cccc(C(=O)Nc4ccc(N5CCCC5=O)c(Cl)c4)c3)cn2c1. The molecule has 172 valence electrons. The molecule has 5 rings (SSSR count). The predicted octanol–water partition coefficient (Wildman–Crippen LogP) is 5.25. The van der Waals surface area contributed by atoms with Gasteiger partial charge in [0, 0.05) is 36.6 Å². The van der Waals surface area contributed by atoms with E-state index in [2.05, 4.69) is 10.3 Å². The van der Waals surface area contributed by atoms with Crippen LogP contribution in [0.15, 0.2) is 67.0 Å². The smallest absolute Gasteiger partial charge is 0.255 e. The van der Waals surface area contributed by atoms with E-state index in [1.54, 1.807) is 47.4 Å². The van der Waals surface area contributed by atoms with Gasteiger partial charge in [-0.05, 0) is 61.4 Å². The van der Waals surface area contributed by atoms with Crippen molar-refractivity contribution in [1.29, 1.82) is 0 Å². The van der Waals surface area contributed by atoms with Crippen LogP contribution >= 0.6 is 11.6 Å². The van der Waals surface area contributed by atoms with Crippen LogP contribution in [0.3, 0.4) is 0 Å². The summed E-state index contributed by atoms with van der Waals surface area (Å²) in [7, 11) is 0. The van der Waals surface area contributed by atoms with Gasteiger partial charge in [-0.3, -0.25) is 9.59 Å². The standard InChI is InChI=1S/C26H23ClN4O3/c1-17-7-10-24-28-20(15-30(24)14-17)16-34-21-5-2-4-18(12-21)26(33)29-19-8-9-23(22(27)13-19)31-11-3-6-25(31)32/h2,4-5,7-10,12-15H,3,6,11,16H2,1H3,(H,29,33). The molecule has 2 aromatic heterocycles. The summed E-state index contributed by atoms with van der Waals surface area (Å²) in [6, 6.07) is 16.1. The van der Waals surface area contributed by atoms with Crippen LogP contribution in [0.5, 0.6) is 5.75 Å². The summed E-state index contributed by atoms with van der Waals surface area (Å²) < 4.78 is 7.85. The summed E-state index contributed by atoms with van der Waals surface area (Å²) in [5, 5.41) is 3.28. The van der Waals surface area contributed by atoms with Crippen LogP contribution in [0.2, 0.25) is 5.02 Å². The Balaban J connectivity index is 1.25. The molecule has 8 heteroatoms. The molecule has 1 aliphatic heterocycles. The topological polar surface area (TPSA) is 75.9 Å². The van der Waals surface area contributed by atoms with E-state index in [4.69, 9.17) is 16.3 Å². The fourth-order valence-electron chi connectivity index (χ4n) is 4.02. The number of fused-ring (bicyclic) bond motifs is 1. The number of aromatic nitrogens is 2. The van der Waals surface area contributed by atoms with E-state index in [1.165, 1.54) is 0 Å². The van der Waals surface area contributed by atoms with E-state index in [9.17, 15) is 9.59 Å². The molecule has 34 heavy (non-hydrogen) atoms. The van der Waals surface area contributed by atoms with E-state index in [0.29, 0.717) is 40.7 Å². The molecular formula is C26H23ClN4O3. The molecule has 1 fully saturated rings. The highest BCUT2D eigenvalue weighted by molar-refractivity contribution is 6.34. The second kappa shape index (κ2) is 9.19. The Hall–Kier alpha value is -3.84. The number of amides is 2. The highest BCUT2D eigenvalue weighted by Gasteiger charge is 2.23. The second-order valence-corrected chi connectivity index (χ2v) is 8.70. The Morgan fingerprint density at radius 3 is 2.82 bits per heavy atom. The van der Waals surface area contributed by atoms with E-state index < -0.39 is 0 Å². The van der Waals surface area contributed by atoms with Gasteiger partial charge in [0.15, 0.2) is 0 Å². The molecule has 7 nitrogen and oxygen atoms in total. The normalized spacial score (nSPS) is 13.5. The average Bonchev–Trinajstić information content (AvgIpc) is 3.43. The van der Waals surface area contributed by atoms with Gasteiger partial charge < -0.3 is 19.4 Å². The number of rotatable bonds is 6. The van der Waals surface area contributed by atoms with Gasteiger partial charge in [-0.25, -0.2) is 4.98 Å². The van der Waals surface area contributed by atoms with Crippen molar-refractivity contribution in [3.8, 4) is 5.75 Å². The zero-order valence-corrected chi connectivity index (χ0v) is 19.4. The molecule has 0 bridgehead atoms. The fraction of sp³-hybridized carbons (Fsp3) is 0.192. The van der Waals surface area contributed by atoms with Crippen LogP contribution < -0.4 is 15.0 Å². The third kappa shape index (κ3) is 4.61. The van der Waals surface area contributed by atoms with Gasteiger partial charge in [0.1, 0.15) is 18.0 Å². The lowest BCUT2D eigenvalue weighted by Gasteiger charge is -2.18. The molecule has 1 saturated heterocycles. The van der Waals surface area contributed by atoms with Crippen LogP contribution in [0.4, 0.5) is 11.4 Å². The minimum Gasteiger partial charge on any atom is -0.487 e. The number of ether oxygens (including phenoxy) is 1. The number of anilines is 2. The van der Waals surface area contributed by atoms with Crippen molar-refractivity contribution in [2.24, 2.45) is 0 Å². The quantitative estimate of drug-likeness (QED) is 0.414. The largest absolute Gasteiger partial charge is 0.487 e. The minimum atomic E-state index is -0.283. The zero-order valence-electron chi connectivity index (χ0n) is 18.6. The van der Waals surface area contributed by atoms with Crippen LogP contribution in [0.25, 0.3) is 5.65 Å². The molecule has 2 amide bonds. The molecule has 1 N–H and O–H groups in total. The van der Waals surface area contributed by atoms with Crippen molar-refractivity contribution in [1.82, 2.24) is 9.38 Å². The van der Waals surface area contributed by atoms with Gasteiger partial charge in [-0.2, -0.15) is 0 Å². The van der Waals surface area contributed by atoms with Gasteiger partial charge in [-0.15, -0.1) is 0 Å². The molecule has 0 unspecified atom stereocenters. The van der Waals surface area contributed by atoms with Crippen LogP contribution in [0.1, 0.15) is 34.5 Å². The molecular weight excluding hydrogens is 452 g/mol. The van der Waals surface area contributed by atoms with Crippen LogP contribution in [-0.2, 0) is 11.4 Å². The summed E-state index contributed by atoms with van der Waals surface area (Å²) in [6.45, 7) is 2.98. The van der Waals surface area contributed by atoms with Crippen LogP contribution in [0, 0.1) is 6.92 Å². The van der Waals surface area contributed by atoms with Gasteiger partial charge in [-0.1, -0.05) is 23.7 Å². The lowest BCUT2D eigenvalue weighted by Crippen LogP contribution is -2.24. The number of nitrogens with one attached hydrogen (secondary N) is 1. The number of benzene rings is 2. The summed E-state index contributed by atoms with van der Waals surface area (Å²) in [6.07, 6.45) is 5.30. The number of halogens is 1. The van der Waals surface area contributed by atoms with Crippen molar-refractivity contribution in [3.05, 3.63) is 88.8 Å². The molecule has 0 saturated carbocycles. The summed E-state index contributed by atoms with van der Waals surface area (Å²) in [5.41, 5.74) is 4.48. The van der Waals surface area contributed by atoms with Gasteiger partial charge in [0.05, 0.1) is 16.4 Å². The monoisotopic (exact) mass is 474 g/mol. The van der Waals surface area contributed by atoms with Crippen molar-refractivity contribution >= 4 is 40.4 Å². The number of hydrogen-bond donors (Lipinski definition) is 1. The van der Waals surface area contributed by atoms with Crippen molar-refractivity contribution in [3.63, 3.8) is 0 Å². The summed E-state index contributed by atoms with van der Waals surface area (Å²) in [4.78, 5) is 31.0. The molecule has 0 aliphatic carbocycles. The first-order chi connectivity index (χ1) is 16.5. The number of carbonyl (C=O) groups is 2. The molecule has 2 aromatic carbocycles. The third-order valence-electron chi connectivity index (χ3n) is 5.70. The zero-order chi connectivity index (χ0) is 23.7. The number of hydrogen-bond acceptors (Lipinski definition) is 4.